The van der Waals surface area contributed by atoms with Gasteiger partial charge in [-0.3, -0.25) is 9.59 Å². The molecule has 4 nitrogen and oxygen atoms in total. The van der Waals surface area contributed by atoms with Crippen molar-refractivity contribution in [1.29, 1.82) is 0 Å². The van der Waals surface area contributed by atoms with Crippen LogP contribution in [-0.4, -0.2) is 11.8 Å². The molecule has 1 heterocycles. The van der Waals surface area contributed by atoms with Crippen LogP contribution in [0.1, 0.15) is 24.1 Å². The van der Waals surface area contributed by atoms with Gasteiger partial charge < -0.3 is 10.2 Å². The van der Waals surface area contributed by atoms with Crippen LogP contribution in [0.5, 0.6) is 0 Å². The first-order valence-corrected chi connectivity index (χ1v) is 7.46. The Kier molecular flexibility index (Phi) is 4.05. The molecule has 0 fully saturated rings. The molecule has 1 atom stereocenters. The first kappa shape index (κ1) is 15.5. The molecule has 6 heteroatoms. The largest absolute Gasteiger partial charge is 0.341 e. The van der Waals surface area contributed by atoms with Crippen molar-refractivity contribution in [2.45, 2.75) is 19.5 Å². The summed E-state index contributed by atoms with van der Waals surface area (Å²) >= 11 is 5.98. The number of amides is 2. The van der Waals surface area contributed by atoms with E-state index in [1.54, 1.807) is 24.3 Å². The predicted octanol–water partition coefficient (Wildman–Crippen LogP) is 3.20. The monoisotopic (exact) mass is 332 g/mol. The van der Waals surface area contributed by atoms with Gasteiger partial charge in [-0.15, -0.1) is 0 Å². The van der Waals surface area contributed by atoms with E-state index in [0.717, 1.165) is 5.56 Å². The van der Waals surface area contributed by atoms with E-state index in [-0.39, 0.29) is 11.8 Å². The minimum absolute atomic E-state index is 0.291. The van der Waals surface area contributed by atoms with E-state index in [4.69, 9.17) is 11.6 Å². The summed E-state index contributed by atoms with van der Waals surface area (Å²) in [4.78, 5) is 25.5. The predicted molar refractivity (Wildman–Crippen MR) is 85.6 cm³/mol. The molecule has 0 bridgehead atoms. The van der Waals surface area contributed by atoms with Crippen molar-refractivity contribution < 1.29 is 14.0 Å². The summed E-state index contributed by atoms with van der Waals surface area (Å²) in [5, 5.41) is 3.16. The van der Waals surface area contributed by atoms with Gasteiger partial charge in [0, 0.05) is 17.5 Å². The molecular weight excluding hydrogens is 319 g/mol. The number of carbonyl (C=O) groups excluding carboxylic acids is 2. The van der Waals surface area contributed by atoms with Crippen molar-refractivity contribution in [3.8, 4) is 0 Å². The van der Waals surface area contributed by atoms with Gasteiger partial charge in [-0.25, -0.2) is 4.39 Å². The summed E-state index contributed by atoms with van der Waals surface area (Å²) < 4.78 is 13.5. The molecule has 2 amide bonds. The van der Waals surface area contributed by atoms with Gasteiger partial charge in [-0.2, -0.15) is 0 Å². The fourth-order valence-electron chi connectivity index (χ4n) is 2.73. The second-order valence-corrected chi connectivity index (χ2v) is 5.83. The van der Waals surface area contributed by atoms with Crippen molar-refractivity contribution in [2.24, 2.45) is 0 Å². The van der Waals surface area contributed by atoms with E-state index in [1.165, 1.54) is 24.0 Å². The van der Waals surface area contributed by atoms with E-state index < -0.39 is 11.9 Å². The molecule has 1 aliphatic heterocycles. The number of hydrogen-bond acceptors (Lipinski definition) is 2. The zero-order valence-electron chi connectivity index (χ0n) is 12.3. The van der Waals surface area contributed by atoms with E-state index in [1.807, 2.05) is 6.07 Å². The average Bonchev–Trinajstić information content (AvgIpc) is 2.72. The van der Waals surface area contributed by atoms with Gasteiger partial charge in [0.15, 0.2) is 0 Å². The zero-order valence-corrected chi connectivity index (χ0v) is 13.1. The second-order valence-electron chi connectivity index (χ2n) is 5.39. The molecule has 2 aromatic carbocycles. The third kappa shape index (κ3) is 3.05. The van der Waals surface area contributed by atoms with Crippen molar-refractivity contribution >= 4 is 29.1 Å². The molecule has 1 aliphatic rings. The molecule has 0 aromatic heterocycles. The molecule has 0 aliphatic carbocycles. The Bertz CT molecular complexity index is 794. The lowest BCUT2D eigenvalue weighted by atomic mass is 10.1. The van der Waals surface area contributed by atoms with Crippen LogP contribution in [0.15, 0.2) is 42.5 Å². The maximum atomic E-state index is 13.5. The number of nitrogens with one attached hydrogen (secondary N) is 1. The third-order valence-corrected chi connectivity index (χ3v) is 3.92. The molecular formula is C17H14ClFN2O2. The van der Waals surface area contributed by atoms with Crippen LogP contribution in [0.3, 0.4) is 0 Å². The molecule has 0 radical (unpaired) electrons. The quantitative estimate of drug-likeness (QED) is 0.938. The summed E-state index contributed by atoms with van der Waals surface area (Å²) in [6, 6.07) is 10.4. The third-order valence-electron chi connectivity index (χ3n) is 3.68. The van der Waals surface area contributed by atoms with Crippen LogP contribution < -0.4 is 10.2 Å². The van der Waals surface area contributed by atoms with Crippen LogP contribution in [0.2, 0.25) is 5.02 Å². The van der Waals surface area contributed by atoms with Gasteiger partial charge in [-0.05, 0) is 35.9 Å². The van der Waals surface area contributed by atoms with Crippen LogP contribution >= 0.6 is 11.6 Å². The van der Waals surface area contributed by atoms with Gasteiger partial charge in [0.05, 0.1) is 12.2 Å². The topological polar surface area (TPSA) is 49.4 Å². The smallest absolute Gasteiger partial charge is 0.254 e. The maximum absolute atomic E-state index is 13.5. The number of fused-ring (bicyclic) bond motifs is 1. The highest BCUT2D eigenvalue weighted by molar-refractivity contribution is 6.30. The molecule has 1 unspecified atom stereocenters. The number of carbonyl (C=O) groups is 2. The maximum Gasteiger partial charge on any atom is 0.254 e. The van der Waals surface area contributed by atoms with Crippen LogP contribution in [-0.2, 0) is 16.1 Å². The van der Waals surface area contributed by atoms with Crippen molar-refractivity contribution in [2.75, 3.05) is 4.90 Å². The van der Waals surface area contributed by atoms with Gasteiger partial charge in [0.1, 0.15) is 11.9 Å². The number of anilines is 1. The summed E-state index contributed by atoms with van der Waals surface area (Å²) in [6.45, 7) is 1.62. The highest BCUT2D eigenvalue weighted by Gasteiger charge is 2.38. The SMILES string of the molecule is CC(=O)NC1C(=O)N(Cc2cccc(Cl)c2)c2ccc(F)cc21. The van der Waals surface area contributed by atoms with Crippen LogP contribution in [0.25, 0.3) is 0 Å². The molecule has 0 saturated carbocycles. The Morgan fingerprint density at radius 3 is 2.78 bits per heavy atom. The summed E-state index contributed by atoms with van der Waals surface area (Å²) in [6.07, 6.45) is 0. The van der Waals surface area contributed by atoms with Crippen molar-refractivity contribution in [3.63, 3.8) is 0 Å². The van der Waals surface area contributed by atoms with Crippen molar-refractivity contribution in [1.82, 2.24) is 5.32 Å². The first-order chi connectivity index (χ1) is 11.0. The van der Waals surface area contributed by atoms with Gasteiger partial charge >= 0.3 is 0 Å². The van der Waals surface area contributed by atoms with Crippen LogP contribution in [0.4, 0.5) is 10.1 Å². The first-order valence-electron chi connectivity index (χ1n) is 7.08. The molecule has 0 spiro atoms. The minimum Gasteiger partial charge on any atom is -0.341 e. The number of benzene rings is 2. The fourth-order valence-corrected chi connectivity index (χ4v) is 2.95. The number of hydrogen-bond donors (Lipinski definition) is 1. The highest BCUT2D eigenvalue weighted by Crippen LogP contribution is 2.37. The van der Waals surface area contributed by atoms with Crippen LogP contribution in [0, 0.1) is 5.82 Å². The molecule has 3 rings (SSSR count). The Morgan fingerprint density at radius 1 is 1.30 bits per heavy atom. The van der Waals surface area contributed by atoms with Crippen molar-refractivity contribution in [3.05, 3.63) is 64.4 Å². The molecule has 118 valence electrons. The highest BCUT2D eigenvalue weighted by atomic mass is 35.5. The molecule has 23 heavy (non-hydrogen) atoms. The number of halogens is 2. The average molecular weight is 333 g/mol. The van der Waals surface area contributed by atoms with E-state index in [0.29, 0.717) is 22.8 Å². The molecule has 2 aromatic rings. The lowest BCUT2D eigenvalue weighted by Gasteiger charge is -2.18. The standard InChI is InChI=1S/C17H14ClFN2O2/c1-10(22)20-16-14-8-13(19)5-6-15(14)21(17(16)23)9-11-3-2-4-12(18)7-11/h2-8,16H,9H2,1H3,(H,20,22). The lowest BCUT2D eigenvalue weighted by Crippen LogP contribution is -2.36. The second kappa shape index (κ2) is 6.01. The lowest BCUT2D eigenvalue weighted by molar-refractivity contribution is -0.126. The molecule has 1 N–H and O–H groups in total. The summed E-state index contributed by atoms with van der Waals surface area (Å²) in [5.74, 6) is -1.08. The van der Waals surface area contributed by atoms with Gasteiger partial charge in [0.2, 0.25) is 5.91 Å². The summed E-state index contributed by atoms with van der Waals surface area (Å²) in [5.41, 5.74) is 1.91. The Hall–Kier alpha value is -2.40. The van der Waals surface area contributed by atoms with E-state index in [9.17, 15) is 14.0 Å². The Balaban J connectivity index is 1.98. The Morgan fingerprint density at radius 2 is 2.09 bits per heavy atom. The molecule has 0 saturated heterocycles. The Labute approximate surface area is 137 Å². The summed E-state index contributed by atoms with van der Waals surface area (Å²) in [7, 11) is 0. The van der Waals surface area contributed by atoms with E-state index >= 15 is 0 Å². The zero-order chi connectivity index (χ0) is 16.6. The fraction of sp³-hybridized carbons (Fsp3) is 0.176. The van der Waals surface area contributed by atoms with Gasteiger partial charge in [0.25, 0.3) is 5.91 Å². The number of rotatable bonds is 3. The minimum atomic E-state index is -0.864. The normalized spacial score (nSPS) is 16.4. The van der Waals surface area contributed by atoms with E-state index in [2.05, 4.69) is 5.32 Å². The number of nitrogens with zero attached hydrogens (tertiary/aromatic N) is 1. The van der Waals surface area contributed by atoms with Gasteiger partial charge in [-0.1, -0.05) is 23.7 Å².